The Hall–Kier alpha value is -2.37. The Morgan fingerprint density at radius 1 is 1.14 bits per heavy atom. The van der Waals surface area contributed by atoms with Crippen LogP contribution in [0.4, 0.5) is 0 Å². The summed E-state index contributed by atoms with van der Waals surface area (Å²) in [5, 5.41) is 2.63. The van der Waals surface area contributed by atoms with E-state index in [0.717, 1.165) is 5.56 Å². The maximum absolute atomic E-state index is 11.5. The molecule has 0 radical (unpaired) electrons. The second kappa shape index (κ2) is 8.73. The third kappa shape index (κ3) is 6.07. The Kier molecular flexibility index (Phi) is 6.94. The molecule has 0 spiro atoms. The minimum Gasteiger partial charge on any atom is -0.465 e. The van der Waals surface area contributed by atoms with Crippen molar-refractivity contribution in [2.45, 2.75) is 26.3 Å². The highest BCUT2D eigenvalue weighted by molar-refractivity contribution is 5.89. The van der Waals surface area contributed by atoms with Crippen LogP contribution in [0.2, 0.25) is 0 Å². The first-order valence-electron chi connectivity index (χ1n) is 6.66. The zero-order chi connectivity index (χ0) is 15.7. The quantitative estimate of drug-likeness (QED) is 0.769. The molecule has 0 aliphatic carbocycles. The molecule has 0 bridgehead atoms. The van der Waals surface area contributed by atoms with Gasteiger partial charge in [-0.15, -0.1) is 0 Å². The third-order valence-electron chi connectivity index (χ3n) is 2.68. The van der Waals surface area contributed by atoms with E-state index < -0.39 is 5.97 Å². The van der Waals surface area contributed by atoms with Gasteiger partial charge in [-0.2, -0.15) is 0 Å². The van der Waals surface area contributed by atoms with Crippen LogP contribution in [-0.4, -0.2) is 31.6 Å². The largest absolute Gasteiger partial charge is 0.465 e. The number of rotatable bonds is 7. The van der Waals surface area contributed by atoms with Crippen molar-refractivity contribution in [1.82, 2.24) is 5.32 Å². The van der Waals surface area contributed by atoms with Gasteiger partial charge in [-0.3, -0.25) is 9.59 Å². The number of nitrogens with one attached hydrogen (secondary N) is 1. The summed E-state index contributed by atoms with van der Waals surface area (Å²) in [6.07, 6.45) is 0.995. The molecule has 0 atom stereocenters. The number of esters is 2. The zero-order valence-electron chi connectivity index (χ0n) is 12.2. The molecule has 0 fully saturated rings. The van der Waals surface area contributed by atoms with Gasteiger partial charge in [0, 0.05) is 13.0 Å². The van der Waals surface area contributed by atoms with Crippen LogP contribution in [0.5, 0.6) is 0 Å². The van der Waals surface area contributed by atoms with Crippen LogP contribution in [0.1, 0.15) is 35.7 Å². The predicted octanol–water partition coefficient (Wildman–Crippen LogP) is 1.43. The number of amides is 1. The summed E-state index contributed by atoms with van der Waals surface area (Å²) < 4.78 is 9.38. The first kappa shape index (κ1) is 16.7. The lowest BCUT2D eigenvalue weighted by Gasteiger charge is -2.07. The van der Waals surface area contributed by atoms with Gasteiger partial charge in [0.2, 0.25) is 0 Å². The van der Waals surface area contributed by atoms with E-state index in [4.69, 9.17) is 4.74 Å². The molecule has 1 amide bonds. The molecule has 1 N–H and O–H groups in total. The zero-order valence-corrected chi connectivity index (χ0v) is 12.2. The molecular weight excluding hydrogens is 274 g/mol. The lowest BCUT2D eigenvalue weighted by Crippen LogP contribution is -2.28. The second-order valence-corrected chi connectivity index (χ2v) is 4.38. The highest BCUT2D eigenvalue weighted by Crippen LogP contribution is 2.05. The van der Waals surface area contributed by atoms with Crippen molar-refractivity contribution in [3.05, 3.63) is 35.4 Å². The van der Waals surface area contributed by atoms with Gasteiger partial charge in [-0.05, 0) is 24.1 Å². The average molecular weight is 293 g/mol. The van der Waals surface area contributed by atoms with Crippen molar-refractivity contribution in [1.29, 1.82) is 0 Å². The van der Waals surface area contributed by atoms with E-state index in [-0.39, 0.29) is 18.5 Å². The lowest BCUT2D eigenvalue weighted by molar-refractivity contribution is -0.148. The fourth-order valence-corrected chi connectivity index (χ4v) is 1.55. The molecule has 0 heterocycles. The maximum Gasteiger partial charge on any atom is 0.337 e. The van der Waals surface area contributed by atoms with Gasteiger partial charge in [0.05, 0.1) is 12.7 Å². The second-order valence-electron chi connectivity index (χ2n) is 4.38. The van der Waals surface area contributed by atoms with E-state index in [2.05, 4.69) is 10.1 Å². The molecule has 1 aromatic rings. The lowest BCUT2D eigenvalue weighted by atomic mass is 10.1. The molecule has 0 aliphatic heterocycles. The van der Waals surface area contributed by atoms with Gasteiger partial charge in [-0.1, -0.05) is 19.1 Å². The fraction of sp³-hybridized carbons (Fsp3) is 0.400. The number of benzene rings is 1. The van der Waals surface area contributed by atoms with E-state index in [1.54, 1.807) is 24.3 Å². The Balaban J connectivity index is 2.36. The van der Waals surface area contributed by atoms with E-state index in [9.17, 15) is 14.4 Å². The Morgan fingerprint density at radius 2 is 1.81 bits per heavy atom. The monoisotopic (exact) mass is 293 g/mol. The van der Waals surface area contributed by atoms with Gasteiger partial charge in [-0.25, -0.2) is 4.79 Å². The maximum atomic E-state index is 11.5. The van der Waals surface area contributed by atoms with Gasteiger partial charge in [0.1, 0.15) is 0 Å². The fourth-order valence-electron chi connectivity index (χ4n) is 1.55. The number of ether oxygens (including phenoxy) is 2. The van der Waals surface area contributed by atoms with Crippen LogP contribution >= 0.6 is 0 Å². The van der Waals surface area contributed by atoms with Crippen molar-refractivity contribution in [3.63, 3.8) is 0 Å². The summed E-state index contributed by atoms with van der Waals surface area (Å²) in [6.45, 7) is 1.88. The number of hydrogen-bond acceptors (Lipinski definition) is 5. The van der Waals surface area contributed by atoms with Gasteiger partial charge >= 0.3 is 11.9 Å². The summed E-state index contributed by atoms with van der Waals surface area (Å²) in [6, 6.07) is 6.68. The van der Waals surface area contributed by atoms with E-state index in [1.165, 1.54) is 7.11 Å². The average Bonchev–Trinajstić information content (AvgIpc) is 2.51. The van der Waals surface area contributed by atoms with Gasteiger partial charge in [0.15, 0.2) is 6.61 Å². The number of carbonyl (C=O) groups is 3. The van der Waals surface area contributed by atoms with Crippen molar-refractivity contribution >= 4 is 17.8 Å². The molecule has 0 unspecified atom stereocenters. The van der Waals surface area contributed by atoms with Crippen LogP contribution in [0.15, 0.2) is 24.3 Å². The molecule has 0 aromatic heterocycles. The van der Waals surface area contributed by atoms with Crippen molar-refractivity contribution in [3.8, 4) is 0 Å². The smallest absolute Gasteiger partial charge is 0.337 e. The molecule has 21 heavy (non-hydrogen) atoms. The van der Waals surface area contributed by atoms with E-state index >= 15 is 0 Å². The van der Waals surface area contributed by atoms with Crippen LogP contribution in [0.3, 0.4) is 0 Å². The normalized spacial score (nSPS) is 9.81. The molecule has 6 nitrogen and oxygen atoms in total. The number of carbonyl (C=O) groups excluding carboxylic acids is 3. The van der Waals surface area contributed by atoms with Gasteiger partial charge in [0.25, 0.3) is 5.91 Å². The summed E-state index contributed by atoms with van der Waals surface area (Å²) in [4.78, 5) is 33.8. The molecule has 114 valence electrons. The molecule has 1 rings (SSSR count). The van der Waals surface area contributed by atoms with Crippen LogP contribution < -0.4 is 5.32 Å². The van der Waals surface area contributed by atoms with E-state index in [0.29, 0.717) is 24.9 Å². The predicted molar refractivity (Wildman–Crippen MR) is 75.5 cm³/mol. The standard InChI is InChI=1S/C15H19NO5/c1-3-4-14(18)21-10-13(17)16-9-11-5-7-12(8-6-11)15(19)20-2/h5-8H,3-4,9-10H2,1-2H3,(H,16,17). The Labute approximate surface area is 123 Å². The summed E-state index contributed by atoms with van der Waals surface area (Å²) in [7, 11) is 1.32. The number of methoxy groups -OCH3 is 1. The van der Waals surface area contributed by atoms with Gasteiger partial charge < -0.3 is 14.8 Å². The highest BCUT2D eigenvalue weighted by Gasteiger charge is 2.07. The molecule has 0 saturated carbocycles. The summed E-state index contributed by atoms with van der Waals surface area (Å²) in [5.41, 5.74) is 1.27. The third-order valence-corrected chi connectivity index (χ3v) is 2.68. The minimum absolute atomic E-state index is 0.279. The first-order chi connectivity index (χ1) is 10.1. The van der Waals surface area contributed by atoms with Crippen molar-refractivity contribution in [2.75, 3.05) is 13.7 Å². The van der Waals surface area contributed by atoms with Crippen molar-refractivity contribution < 1.29 is 23.9 Å². The topological polar surface area (TPSA) is 81.7 Å². The molecule has 0 saturated heterocycles. The Morgan fingerprint density at radius 3 is 2.38 bits per heavy atom. The number of hydrogen-bond donors (Lipinski definition) is 1. The molecular formula is C15H19NO5. The molecule has 1 aromatic carbocycles. The van der Waals surface area contributed by atoms with Crippen LogP contribution in [0, 0.1) is 0 Å². The summed E-state index contributed by atoms with van der Waals surface area (Å²) >= 11 is 0. The summed E-state index contributed by atoms with van der Waals surface area (Å²) in [5.74, 6) is -1.15. The van der Waals surface area contributed by atoms with Crippen LogP contribution in [-0.2, 0) is 25.6 Å². The first-order valence-corrected chi connectivity index (χ1v) is 6.66. The van der Waals surface area contributed by atoms with E-state index in [1.807, 2.05) is 6.92 Å². The highest BCUT2D eigenvalue weighted by atomic mass is 16.5. The van der Waals surface area contributed by atoms with Crippen LogP contribution in [0.25, 0.3) is 0 Å². The Bertz CT molecular complexity index is 495. The molecule has 6 heteroatoms. The SMILES string of the molecule is CCCC(=O)OCC(=O)NCc1ccc(C(=O)OC)cc1. The minimum atomic E-state index is -0.409. The molecule has 0 aliphatic rings. The van der Waals surface area contributed by atoms with Crippen molar-refractivity contribution in [2.24, 2.45) is 0 Å².